The highest BCUT2D eigenvalue weighted by molar-refractivity contribution is 7.89. The van der Waals surface area contributed by atoms with Gasteiger partial charge in [0.2, 0.25) is 10.0 Å². The Kier molecular flexibility index (Phi) is 4.64. The number of hydrogen-bond acceptors (Lipinski definition) is 4. The van der Waals surface area contributed by atoms with Crippen LogP contribution in [0.3, 0.4) is 0 Å². The average Bonchev–Trinajstić information content (AvgIpc) is 2.40. The van der Waals surface area contributed by atoms with E-state index in [4.69, 9.17) is 0 Å². The van der Waals surface area contributed by atoms with E-state index in [9.17, 15) is 8.42 Å². The van der Waals surface area contributed by atoms with E-state index >= 15 is 0 Å². The maximum atomic E-state index is 12.5. The van der Waals surface area contributed by atoms with Crippen LogP contribution in [0.15, 0.2) is 0 Å². The molecule has 2 rings (SSSR count). The highest BCUT2D eigenvalue weighted by atomic mass is 32.2. The van der Waals surface area contributed by atoms with Gasteiger partial charge in [0.05, 0.1) is 5.25 Å². The Balaban J connectivity index is 1.95. The van der Waals surface area contributed by atoms with Crippen LogP contribution in [0.5, 0.6) is 0 Å². The summed E-state index contributed by atoms with van der Waals surface area (Å²) >= 11 is 0. The summed E-state index contributed by atoms with van der Waals surface area (Å²) in [5, 5.41) is 2.98. The van der Waals surface area contributed by atoms with Crippen LogP contribution in [0.25, 0.3) is 0 Å². The molecule has 0 aromatic carbocycles. The normalized spacial score (nSPS) is 28.7. The number of piperazine rings is 1. The van der Waals surface area contributed by atoms with E-state index in [1.54, 1.807) is 4.31 Å². The zero-order valence-electron chi connectivity index (χ0n) is 11.4. The Hall–Kier alpha value is -0.170. The second-order valence-corrected chi connectivity index (χ2v) is 7.76. The lowest BCUT2D eigenvalue weighted by atomic mass is 10.2. The summed E-state index contributed by atoms with van der Waals surface area (Å²) in [6.45, 7) is 8.91. The standard InChI is InChI=1S/C12H25N3O2S/c1-11(2)14-6-8-15(9-7-14)18(16,17)12-4-3-5-13-10-12/h11-13H,3-10H2,1-2H3. The van der Waals surface area contributed by atoms with Gasteiger partial charge >= 0.3 is 0 Å². The monoisotopic (exact) mass is 275 g/mol. The molecule has 6 heteroatoms. The van der Waals surface area contributed by atoms with Crippen molar-refractivity contribution in [1.82, 2.24) is 14.5 Å². The van der Waals surface area contributed by atoms with Crippen molar-refractivity contribution in [3.05, 3.63) is 0 Å². The van der Waals surface area contributed by atoms with Gasteiger partial charge in [-0.1, -0.05) is 0 Å². The van der Waals surface area contributed by atoms with Gasteiger partial charge in [0.15, 0.2) is 0 Å². The summed E-state index contributed by atoms with van der Waals surface area (Å²) in [5.74, 6) is 0. The summed E-state index contributed by atoms with van der Waals surface area (Å²) in [5.41, 5.74) is 0. The zero-order valence-corrected chi connectivity index (χ0v) is 12.2. The topological polar surface area (TPSA) is 52.7 Å². The zero-order chi connectivity index (χ0) is 13.2. The summed E-state index contributed by atoms with van der Waals surface area (Å²) in [6.07, 6.45) is 1.77. The third-order valence-electron chi connectivity index (χ3n) is 4.04. The van der Waals surface area contributed by atoms with Crippen LogP contribution in [-0.4, -0.2) is 68.2 Å². The van der Waals surface area contributed by atoms with E-state index in [1.165, 1.54) is 0 Å². The van der Waals surface area contributed by atoms with Crippen LogP contribution in [-0.2, 0) is 10.0 Å². The molecule has 2 aliphatic heterocycles. The fourth-order valence-electron chi connectivity index (χ4n) is 2.76. The number of nitrogens with zero attached hydrogens (tertiary/aromatic N) is 2. The minimum atomic E-state index is -3.09. The Morgan fingerprint density at radius 1 is 1.17 bits per heavy atom. The molecular formula is C12H25N3O2S. The van der Waals surface area contributed by atoms with E-state index in [0.29, 0.717) is 25.7 Å². The highest BCUT2D eigenvalue weighted by Gasteiger charge is 2.34. The van der Waals surface area contributed by atoms with Crippen LogP contribution in [0, 0.1) is 0 Å². The number of hydrogen-bond donors (Lipinski definition) is 1. The molecule has 0 amide bonds. The van der Waals surface area contributed by atoms with Crippen molar-refractivity contribution in [3.8, 4) is 0 Å². The van der Waals surface area contributed by atoms with E-state index < -0.39 is 10.0 Å². The fourth-order valence-corrected chi connectivity index (χ4v) is 4.65. The van der Waals surface area contributed by atoms with Crippen molar-refractivity contribution >= 4 is 10.0 Å². The van der Waals surface area contributed by atoms with Crippen molar-refractivity contribution in [3.63, 3.8) is 0 Å². The second kappa shape index (κ2) is 5.86. The smallest absolute Gasteiger partial charge is 0.218 e. The molecule has 0 radical (unpaired) electrons. The van der Waals surface area contributed by atoms with Gasteiger partial charge < -0.3 is 5.32 Å². The second-order valence-electron chi connectivity index (χ2n) is 5.54. The molecule has 5 nitrogen and oxygen atoms in total. The molecule has 2 heterocycles. The maximum Gasteiger partial charge on any atom is 0.218 e. The molecule has 1 unspecified atom stereocenters. The third-order valence-corrected chi connectivity index (χ3v) is 6.37. The molecule has 18 heavy (non-hydrogen) atoms. The van der Waals surface area contributed by atoms with Gasteiger partial charge in [-0.2, -0.15) is 4.31 Å². The maximum absolute atomic E-state index is 12.5. The quantitative estimate of drug-likeness (QED) is 0.793. The summed E-state index contributed by atoms with van der Waals surface area (Å²) in [6, 6.07) is 0.506. The Bertz CT molecular complexity index is 356. The van der Waals surface area contributed by atoms with Crippen LogP contribution in [0.4, 0.5) is 0 Å². The van der Waals surface area contributed by atoms with Gasteiger partial charge in [0.1, 0.15) is 0 Å². The lowest BCUT2D eigenvalue weighted by molar-refractivity contribution is 0.153. The predicted molar refractivity (Wildman–Crippen MR) is 73.1 cm³/mol. The molecule has 0 aliphatic carbocycles. The van der Waals surface area contributed by atoms with Crippen molar-refractivity contribution in [2.24, 2.45) is 0 Å². The molecule has 2 saturated heterocycles. The first-order chi connectivity index (χ1) is 8.51. The molecule has 0 bridgehead atoms. The molecule has 2 aliphatic rings. The van der Waals surface area contributed by atoms with Crippen LogP contribution in [0.1, 0.15) is 26.7 Å². The van der Waals surface area contributed by atoms with E-state index in [-0.39, 0.29) is 5.25 Å². The highest BCUT2D eigenvalue weighted by Crippen LogP contribution is 2.18. The van der Waals surface area contributed by atoms with Gasteiger partial charge in [-0.3, -0.25) is 4.90 Å². The van der Waals surface area contributed by atoms with Crippen molar-refractivity contribution in [2.75, 3.05) is 39.3 Å². The lowest BCUT2D eigenvalue weighted by Crippen LogP contribution is -2.54. The van der Waals surface area contributed by atoms with Gasteiger partial charge in [0.25, 0.3) is 0 Å². The van der Waals surface area contributed by atoms with E-state index in [0.717, 1.165) is 32.5 Å². The fraction of sp³-hybridized carbons (Fsp3) is 1.00. The minimum Gasteiger partial charge on any atom is -0.315 e. The summed E-state index contributed by atoms with van der Waals surface area (Å²) < 4.78 is 26.7. The molecule has 106 valence electrons. The SMILES string of the molecule is CC(C)N1CCN(S(=O)(=O)C2CCCNC2)CC1. The van der Waals surface area contributed by atoms with Gasteiger partial charge in [-0.05, 0) is 33.2 Å². The first kappa shape index (κ1) is 14.2. The average molecular weight is 275 g/mol. The van der Waals surface area contributed by atoms with Crippen molar-refractivity contribution < 1.29 is 8.42 Å². The molecule has 0 aromatic heterocycles. The minimum absolute atomic E-state index is 0.211. The number of rotatable bonds is 3. The largest absolute Gasteiger partial charge is 0.315 e. The number of nitrogens with one attached hydrogen (secondary N) is 1. The summed E-state index contributed by atoms with van der Waals surface area (Å²) in [4.78, 5) is 2.34. The Labute approximate surface area is 111 Å². The first-order valence-electron chi connectivity index (χ1n) is 6.95. The van der Waals surface area contributed by atoms with Crippen molar-refractivity contribution in [1.29, 1.82) is 0 Å². The van der Waals surface area contributed by atoms with Gasteiger partial charge in [-0.15, -0.1) is 0 Å². The molecule has 1 N–H and O–H groups in total. The first-order valence-corrected chi connectivity index (χ1v) is 8.46. The Morgan fingerprint density at radius 3 is 2.33 bits per heavy atom. The molecule has 0 saturated carbocycles. The Morgan fingerprint density at radius 2 is 1.83 bits per heavy atom. The number of piperidine rings is 1. The van der Waals surface area contributed by atoms with Crippen LogP contribution >= 0.6 is 0 Å². The van der Waals surface area contributed by atoms with E-state index in [2.05, 4.69) is 24.1 Å². The molecule has 1 atom stereocenters. The van der Waals surface area contributed by atoms with Crippen LogP contribution in [0.2, 0.25) is 0 Å². The third kappa shape index (κ3) is 3.04. The lowest BCUT2D eigenvalue weighted by Gasteiger charge is -2.38. The van der Waals surface area contributed by atoms with E-state index in [1.807, 2.05) is 0 Å². The van der Waals surface area contributed by atoms with Gasteiger partial charge in [0, 0.05) is 38.8 Å². The van der Waals surface area contributed by atoms with Crippen molar-refractivity contribution in [2.45, 2.75) is 38.0 Å². The molecule has 2 fully saturated rings. The predicted octanol–water partition coefficient (Wildman–Crippen LogP) is 0.0942. The molecular weight excluding hydrogens is 250 g/mol. The number of sulfonamides is 1. The van der Waals surface area contributed by atoms with Crippen LogP contribution < -0.4 is 5.32 Å². The molecule has 0 spiro atoms. The molecule has 0 aromatic rings. The van der Waals surface area contributed by atoms with Gasteiger partial charge in [-0.25, -0.2) is 8.42 Å². The summed E-state index contributed by atoms with van der Waals surface area (Å²) in [7, 11) is -3.09.